The van der Waals surface area contributed by atoms with E-state index in [4.69, 9.17) is 14.5 Å². The number of thiophene rings is 1. The van der Waals surface area contributed by atoms with Crippen molar-refractivity contribution in [3.8, 4) is 11.3 Å². The molecule has 178 valence electrons. The molecule has 0 radical (unpaired) electrons. The van der Waals surface area contributed by atoms with Gasteiger partial charge in [-0.05, 0) is 38.5 Å². The summed E-state index contributed by atoms with van der Waals surface area (Å²) >= 11 is 1.25. The molecular weight excluding hydrogens is 460 g/mol. The van der Waals surface area contributed by atoms with Gasteiger partial charge in [-0.25, -0.2) is 9.78 Å². The number of rotatable bonds is 5. The summed E-state index contributed by atoms with van der Waals surface area (Å²) in [5.41, 5.74) is 4.40. The van der Waals surface area contributed by atoms with E-state index in [-0.39, 0.29) is 12.5 Å². The van der Waals surface area contributed by atoms with E-state index in [9.17, 15) is 9.59 Å². The first kappa shape index (κ1) is 23.2. The van der Waals surface area contributed by atoms with Gasteiger partial charge in [0.2, 0.25) is 0 Å². The number of benzene rings is 2. The largest absolute Gasteiger partial charge is 0.462 e. The van der Waals surface area contributed by atoms with Gasteiger partial charge in [-0.1, -0.05) is 48.5 Å². The van der Waals surface area contributed by atoms with Crippen molar-refractivity contribution in [2.45, 2.75) is 39.4 Å². The van der Waals surface area contributed by atoms with Gasteiger partial charge in [-0.15, -0.1) is 11.3 Å². The number of esters is 1. The summed E-state index contributed by atoms with van der Waals surface area (Å²) < 4.78 is 11.5. The van der Waals surface area contributed by atoms with Crippen molar-refractivity contribution in [2.75, 3.05) is 11.9 Å². The summed E-state index contributed by atoms with van der Waals surface area (Å²) in [7, 11) is 0. The molecule has 0 atom stereocenters. The highest BCUT2D eigenvalue weighted by Gasteiger charge is 2.34. The van der Waals surface area contributed by atoms with Gasteiger partial charge in [0.25, 0.3) is 5.91 Å². The molecule has 35 heavy (non-hydrogen) atoms. The van der Waals surface area contributed by atoms with Crippen LogP contribution in [0, 0.1) is 0 Å². The maximum atomic E-state index is 13.2. The van der Waals surface area contributed by atoms with Crippen LogP contribution in [-0.2, 0) is 22.5 Å². The van der Waals surface area contributed by atoms with Gasteiger partial charge >= 0.3 is 5.97 Å². The van der Waals surface area contributed by atoms with E-state index in [0.29, 0.717) is 34.0 Å². The van der Waals surface area contributed by atoms with E-state index in [0.717, 1.165) is 27.8 Å². The maximum absolute atomic E-state index is 13.2. The first-order valence-corrected chi connectivity index (χ1v) is 12.4. The maximum Gasteiger partial charge on any atom is 0.350 e. The Morgan fingerprint density at radius 1 is 1.06 bits per heavy atom. The Morgan fingerprint density at radius 2 is 1.74 bits per heavy atom. The standard InChI is InChI=1S/C28H26N2O4S/c1-4-33-27(32)24-23(29-25(31)18-13-9-6-10-14-18)21-19-15-28(2,3)34-16-20(19)22(30-26(21)35-24)17-11-7-5-8-12-17/h5-14H,4,15-16H2,1-3H3,(H,29,31). The molecule has 0 spiro atoms. The van der Waals surface area contributed by atoms with Crippen LogP contribution in [0.3, 0.4) is 0 Å². The summed E-state index contributed by atoms with van der Waals surface area (Å²) in [5.74, 6) is -0.761. The predicted molar refractivity (Wildman–Crippen MR) is 138 cm³/mol. The van der Waals surface area contributed by atoms with E-state index < -0.39 is 11.6 Å². The number of nitrogens with zero attached hydrogens (tertiary/aromatic N) is 1. The summed E-state index contributed by atoms with van der Waals surface area (Å²) in [6.45, 7) is 6.49. The van der Waals surface area contributed by atoms with Crippen LogP contribution in [0.1, 0.15) is 51.9 Å². The molecule has 1 amide bonds. The molecule has 1 aliphatic rings. The topological polar surface area (TPSA) is 77.5 Å². The quantitative estimate of drug-likeness (QED) is 0.338. The highest BCUT2D eigenvalue weighted by molar-refractivity contribution is 7.21. The Bertz CT molecular complexity index is 1410. The summed E-state index contributed by atoms with van der Waals surface area (Å²) in [6, 6.07) is 18.9. The Hall–Kier alpha value is -3.55. The minimum absolute atomic E-state index is 0.237. The monoisotopic (exact) mass is 486 g/mol. The number of carbonyl (C=O) groups is 2. The van der Waals surface area contributed by atoms with Gasteiger partial charge < -0.3 is 14.8 Å². The lowest BCUT2D eigenvalue weighted by molar-refractivity contribution is -0.0394. The van der Waals surface area contributed by atoms with Crippen molar-refractivity contribution in [3.63, 3.8) is 0 Å². The molecule has 4 aromatic rings. The number of aromatic nitrogens is 1. The number of nitrogens with one attached hydrogen (secondary N) is 1. The van der Waals surface area contributed by atoms with Crippen molar-refractivity contribution in [2.24, 2.45) is 0 Å². The molecule has 2 aromatic heterocycles. The molecule has 0 saturated heterocycles. The second-order valence-electron chi connectivity index (χ2n) is 9.04. The van der Waals surface area contributed by atoms with Gasteiger partial charge in [0, 0.05) is 28.5 Å². The van der Waals surface area contributed by atoms with Gasteiger partial charge in [-0.3, -0.25) is 4.79 Å². The number of amides is 1. The highest BCUT2D eigenvalue weighted by Crippen LogP contribution is 2.45. The molecule has 2 aromatic carbocycles. The van der Waals surface area contributed by atoms with Crippen LogP contribution in [0.5, 0.6) is 0 Å². The zero-order valence-corrected chi connectivity index (χ0v) is 20.7. The van der Waals surface area contributed by atoms with E-state index in [1.807, 2.05) is 62.4 Å². The molecule has 0 fully saturated rings. The van der Waals surface area contributed by atoms with E-state index >= 15 is 0 Å². The van der Waals surface area contributed by atoms with Crippen molar-refractivity contribution >= 4 is 39.1 Å². The minimum atomic E-state index is -0.472. The zero-order valence-electron chi connectivity index (χ0n) is 19.9. The Labute approximate surface area is 207 Å². The minimum Gasteiger partial charge on any atom is -0.462 e. The van der Waals surface area contributed by atoms with E-state index in [2.05, 4.69) is 5.32 Å². The predicted octanol–water partition coefficient (Wildman–Crippen LogP) is 6.24. The molecular formula is C28H26N2O4S. The van der Waals surface area contributed by atoms with E-state index in [1.165, 1.54) is 11.3 Å². The number of pyridine rings is 1. The molecule has 0 bridgehead atoms. The molecule has 1 aliphatic heterocycles. The fourth-order valence-electron chi connectivity index (χ4n) is 4.41. The Kier molecular flexibility index (Phi) is 6.13. The Balaban J connectivity index is 1.76. The van der Waals surface area contributed by atoms with Crippen molar-refractivity contribution in [1.82, 2.24) is 4.98 Å². The summed E-state index contributed by atoms with van der Waals surface area (Å²) in [4.78, 5) is 32.2. The van der Waals surface area contributed by atoms with Gasteiger partial charge in [0.1, 0.15) is 9.71 Å². The molecule has 5 rings (SSSR count). The van der Waals surface area contributed by atoms with Crippen LogP contribution in [0.25, 0.3) is 21.5 Å². The third kappa shape index (κ3) is 4.45. The molecule has 7 heteroatoms. The van der Waals surface area contributed by atoms with Crippen LogP contribution in [0.4, 0.5) is 5.69 Å². The molecule has 3 heterocycles. The number of carbonyl (C=O) groups excluding carboxylic acids is 2. The third-order valence-corrected chi connectivity index (χ3v) is 7.11. The van der Waals surface area contributed by atoms with Crippen LogP contribution in [0.2, 0.25) is 0 Å². The third-order valence-electron chi connectivity index (χ3n) is 6.05. The Morgan fingerprint density at radius 3 is 2.43 bits per heavy atom. The first-order valence-electron chi connectivity index (χ1n) is 11.6. The number of ether oxygens (including phenoxy) is 2. The zero-order chi connectivity index (χ0) is 24.6. The van der Waals surface area contributed by atoms with Crippen LogP contribution in [0.15, 0.2) is 60.7 Å². The van der Waals surface area contributed by atoms with Gasteiger partial charge in [0.05, 0.1) is 30.2 Å². The summed E-state index contributed by atoms with van der Waals surface area (Å²) in [5, 5.41) is 3.80. The number of fused-ring (bicyclic) bond motifs is 3. The average Bonchev–Trinajstić information content (AvgIpc) is 3.22. The summed E-state index contributed by atoms with van der Waals surface area (Å²) in [6.07, 6.45) is 0.619. The van der Waals surface area contributed by atoms with Crippen molar-refractivity contribution in [1.29, 1.82) is 0 Å². The highest BCUT2D eigenvalue weighted by atomic mass is 32.1. The second-order valence-corrected chi connectivity index (χ2v) is 10.0. The van der Waals surface area contributed by atoms with Gasteiger partial charge in [-0.2, -0.15) is 0 Å². The van der Waals surface area contributed by atoms with Crippen molar-refractivity contribution < 1.29 is 19.1 Å². The molecule has 6 nitrogen and oxygen atoms in total. The fraction of sp³-hybridized carbons (Fsp3) is 0.250. The van der Waals surface area contributed by atoms with Crippen LogP contribution >= 0.6 is 11.3 Å². The van der Waals surface area contributed by atoms with Crippen LogP contribution in [-0.4, -0.2) is 29.1 Å². The van der Waals surface area contributed by atoms with Crippen molar-refractivity contribution in [3.05, 3.63) is 82.2 Å². The SMILES string of the molecule is CCOC(=O)c1sc2nc(-c3ccccc3)c3c(c2c1NC(=O)c1ccccc1)CC(C)(C)OC3. The lowest BCUT2D eigenvalue weighted by atomic mass is 9.87. The molecule has 0 aliphatic carbocycles. The number of hydrogen-bond acceptors (Lipinski definition) is 6. The molecule has 1 N–H and O–H groups in total. The van der Waals surface area contributed by atoms with Crippen LogP contribution < -0.4 is 5.32 Å². The second kappa shape index (κ2) is 9.24. The smallest absolute Gasteiger partial charge is 0.350 e. The number of anilines is 1. The lowest BCUT2D eigenvalue weighted by Crippen LogP contribution is -2.32. The number of hydrogen-bond donors (Lipinski definition) is 1. The average molecular weight is 487 g/mol. The van der Waals surface area contributed by atoms with E-state index in [1.54, 1.807) is 19.1 Å². The van der Waals surface area contributed by atoms with Gasteiger partial charge in [0.15, 0.2) is 0 Å². The normalized spacial score (nSPS) is 14.4. The first-order chi connectivity index (χ1) is 16.9. The molecule has 0 saturated carbocycles. The fourth-order valence-corrected chi connectivity index (χ4v) is 5.46. The lowest BCUT2D eigenvalue weighted by Gasteiger charge is -2.33. The molecule has 0 unspecified atom stereocenters.